The van der Waals surface area contributed by atoms with E-state index in [1.165, 1.54) is 12.3 Å². The molecule has 1 N–H and O–H groups in total. The number of hydrogen-bond donors (Lipinski definition) is 1. The van der Waals surface area contributed by atoms with Gasteiger partial charge in [-0.15, -0.1) is 0 Å². The number of nitrogens with one attached hydrogen (secondary N) is 1. The number of nitrogens with zero attached hydrogens (tertiary/aromatic N) is 2. The third-order valence-corrected chi connectivity index (χ3v) is 5.03. The second kappa shape index (κ2) is 7.85. The van der Waals surface area contributed by atoms with Gasteiger partial charge in [0.1, 0.15) is 0 Å². The van der Waals surface area contributed by atoms with Crippen molar-refractivity contribution in [2.24, 2.45) is 5.92 Å². The average Bonchev–Trinajstić information content (AvgIpc) is 3.00. The first-order chi connectivity index (χ1) is 13.6. The van der Waals surface area contributed by atoms with E-state index in [0.717, 1.165) is 10.5 Å². The van der Waals surface area contributed by atoms with Gasteiger partial charge in [-0.1, -0.05) is 25.5 Å². The van der Waals surface area contributed by atoms with Crippen LogP contribution in [0.15, 0.2) is 30.5 Å². The molecule has 8 heteroatoms. The van der Waals surface area contributed by atoms with Crippen LogP contribution in [0.1, 0.15) is 36.2 Å². The van der Waals surface area contributed by atoms with Crippen LogP contribution in [-0.2, 0) is 9.59 Å². The van der Waals surface area contributed by atoms with Gasteiger partial charge >= 0.3 is 0 Å². The van der Waals surface area contributed by atoms with Crippen LogP contribution < -0.4 is 5.32 Å². The second-order valence-electron chi connectivity index (χ2n) is 7.72. The number of fused-ring (bicyclic) bond motifs is 1. The summed E-state index contributed by atoms with van der Waals surface area (Å²) in [5.41, 5.74) is 1.93. The summed E-state index contributed by atoms with van der Waals surface area (Å²) in [4.78, 5) is 42.5. The van der Waals surface area contributed by atoms with Crippen LogP contribution >= 0.6 is 0 Å². The number of hydrogen-bond acceptors (Lipinski definition) is 4. The second-order valence-corrected chi connectivity index (χ2v) is 7.72. The maximum Gasteiger partial charge on any atom is 0.267 e. The number of aryl methyl sites for hydroxylation is 1. The van der Waals surface area contributed by atoms with Gasteiger partial charge in [-0.3, -0.25) is 19.4 Å². The molecule has 1 unspecified atom stereocenters. The molecule has 1 saturated heterocycles. The van der Waals surface area contributed by atoms with Gasteiger partial charge in [0.25, 0.3) is 11.8 Å². The monoisotopic (exact) mass is 403 g/mol. The number of rotatable bonds is 5. The summed E-state index contributed by atoms with van der Waals surface area (Å²) in [6.07, 6.45) is 0.810. The molecule has 29 heavy (non-hydrogen) atoms. The Hall–Kier alpha value is -2.90. The van der Waals surface area contributed by atoms with Crippen molar-refractivity contribution >= 4 is 28.5 Å². The van der Waals surface area contributed by atoms with E-state index in [2.05, 4.69) is 10.3 Å². The molecule has 1 aromatic heterocycles. The lowest BCUT2D eigenvalue weighted by Crippen LogP contribution is -2.46. The van der Waals surface area contributed by atoms with E-state index < -0.39 is 55.0 Å². The smallest absolute Gasteiger partial charge is 0.267 e. The van der Waals surface area contributed by atoms with E-state index in [-0.39, 0.29) is 0 Å². The zero-order valence-electron chi connectivity index (χ0n) is 16.5. The van der Waals surface area contributed by atoms with Crippen molar-refractivity contribution < 1.29 is 23.2 Å². The number of aromatic nitrogens is 1. The number of Topliss-reactive ketones (excluding diaryl/α,β-unsaturated/α-hetero) is 1. The zero-order valence-corrected chi connectivity index (χ0v) is 16.5. The fourth-order valence-electron chi connectivity index (χ4n) is 3.53. The van der Waals surface area contributed by atoms with Gasteiger partial charge < -0.3 is 10.2 Å². The van der Waals surface area contributed by atoms with Gasteiger partial charge in [0, 0.05) is 23.9 Å². The molecule has 6 nitrogen and oxygen atoms in total. The molecule has 0 radical (unpaired) electrons. The number of alkyl halides is 2. The van der Waals surface area contributed by atoms with Gasteiger partial charge in [0.05, 0.1) is 30.2 Å². The molecule has 1 fully saturated rings. The summed E-state index contributed by atoms with van der Waals surface area (Å²) in [5.74, 6) is -5.20. The van der Waals surface area contributed by atoms with Crippen molar-refractivity contribution in [3.63, 3.8) is 0 Å². The minimum Gasteiger partial charge on any atom is -0.343 e. The van der Waals surface area contributed by atoms with Crippen LogP contribution in [0.25, 0.3) is 10.9 Å². The Morgan fingerprint density at radius 2 is 2.00 bits per heavy atom. The van der Waals surface area contributed by atoms with Crippen molar-refractivity contribution in [3.8, 4) is 0 Å². The largest absolute Gasteiger partial charge is 0.343 e. The molecule has 0 spiro atoms. The molecule has 0 aliphatic carbocycles. The molecule has 1 aromatic carbocycles. The number of ketones is 1. The number of benzene rings is 1. The van der Waals surface area contributed by atoms with Crippen LogP contribution in [-0.4, -0.2) is 52.5 Å². The summed E-state index contributed by atoms with van der Waals surface area (Å²) in [7, 11) is 0. The molecule has 3 rings (SSSR count). The van der Waals surface area contributed by atoms with Crippen LogP contribution in [0.4, 0.5) is 8.78 Å². The van der Waals surface area contributed by atoms with Crippen molar-refractivity contribution in [3.05, 3.63) is 41.6 Å². The fraction of sp³-hybridized carbons (Fsp3) is 0.429. The maximum absolute atomic E-state index is 13.9. The standard InChI is InChI=1S/C21H23F2N3O3/c1-12(2)19(28)17-9-21(22,23)11-26(17)18(27)10-25-20(29)14-6-7-24-16-5-4-13(3)8-15(14)16/h4-8,12,17H,9-11H2,1-3H3,(H,25,29). The quantitative estimate of drug-likeness (QED) is 0.833. The molecule has 0 saturated carbocycles. The molecule has 2 heterocycles. The summed E-state index contributed by atoms with van der Waals surface area (Å²) in [6.45, 7) is 3.82. The van der Waals surface area contributed by atoms with E-state index in [1.54, 1.807) is 19.9 Å². The topological polar surface area (TPSA) is 79.4 Å². The van der Waals surface area contributed by atoms with Crippen LogP contribution in [0.3, 0.4) is 0 Å². The van der Waals surface area contributed by atoms with Gasteiger partial charge in [0.2, 0.25) is 5.91 Å². The van der Waals surface area contributed by atoms with E-state index in [1.807, 2.05) is 19.1 Å². The van der Waals surface area contributed by atoms with Crippen LogP contribution in [0, 0.1) is 12.8 Å². The molecule has 154 valence electrons. The number of amides is 2. The van der Waals surface area contributed by atoms with E-state index in [0.29, 0.717) is 16.5 Å². The first-order valence-electron chi connectivity index (χ1n) is 9.43. The minimum atomic E-state index is -3.12. The van der Waals surface area contributed by atoms with E-state index in [4.69, 9.17) is 0 Å². The molecule has 0 bridgehead atoms. The van der Waals surface area contributed by atoms with Crippen LogP contribution in [0.5, 0.6) is 0 Å². The Morgan fingerprint density at radius 1 is 1.28 bits per heavy atom. The predicted octanol–water partition coefficient (Wildman–Crippen LogP) is 2.73. The number of halogens is 2. The minimum absolute atomic E-state index is 0.341. The third kappa shape index (κ3) is 4.41. The lowest BCUT2D eigenvalue weighted by atomic mass is 9.99. The highest BCUT2D eigenvalue weighted by atomic mass is 19.3. The first kappa shape index (κ1) is 20.8. The Labute approximate surface area is 167 Å². The van der Waals surface area contributed by atoms with Crippen molar-refractivity contribution in [2.75, 3.05) is 13.1 Å². The van der Waals surface area contributed by atoms with Gasteiger partial charge in [0.15, 0.2) is 5.78 Å². The summed E-state index contributed by atoms with van der Waals surface area (Å²) in [6, 6.07) is 5.86. The number of likely N-dealkylation sites (tertiary alicyclic amines) is 1. The summed E-state index contributed by atoms with van der Waals surface area (Å²) < 4.78 is 27.7. The number of carbonyl (C=O) groups is 3. The first-order valence-corrected chi connectivity index (χ1v) is 9.43. The highest BCUT2D eigenvalue weighted by molar-refractivity contribution is 6.07. The Balaban J connectivity index is 1.74. The zero-order chi connectivity index (χ0) is 21.3. The predicted molar refractivity (Wildman–Crippen MR) is 104 cm³/mol. The highest BCUT2D eigenvalue weighted by Gasteiger charge is 2.49. The molecule has 1 aliphatic rings. The maximum atomic E-state index is 13.9. The van der Waals surface area contributed by atoms with Gasteiger partial charge in [-0.25, -0.2) is 8.78 Å². The lowest BCUT2D eigenvalue weighted by Gasteiger charge is -2.24. The lowest BCUT2D eigenvalue weighted by molar-refractivity contribution is -0.138. The molecule has 2 aromatic rings. The highest BCUT2D eigenvalue weighted by Crippen LogP contribution is 2.33. The van der Waals surface area contributed by atoms with Crippen molar-refractivity contribution in [1.82, 2.24) is 15.2 Å². The van der Waals surface area contributed by atoms with Crippen molar-refractivity contribution in [1.29, 1.82) is 0 Å². The van der Waals surface area contributed by atoms with Crippen molar-refractivity contribution in [2.45, 2.75) is 39.2 Å². The Bertz CT molecular complexity index is 975. The van der Waals surface area contributed by atoms with E-state index >= 15 is 0 Å². The van der Waals surface area contributed by atoms with Gasteiger partial charge in [-0.05, 0) is 25.1 Å². The molecular weight excluding hydrogens is 380 g/mol. The average molecular weight is 403 g/mol. The summed E-state index contributed by atoms with van der Waals surface area (Å²) >= 11 is 0. The Morgan fingerprint density at radius 3 is 2.69 bits per heavy atom. The summed E-state index contributed by atoms with van der Waals surface area (Å²) in [5, 5.41) is 3.13. The SMILES string of the molecule is Cc1ccc2nccc(C(=O)NCC(=O)N3CC(F)(F)CC3C(=O)C(C)C)c2c1. The molecule has 2 amide bonds. The van der Waals surface area contributed by atoms with Gasteiger partial charge in [-0.2, -0.15) is 0 Å². The van der Waals surface area contributed by atoms with E-state index in [9.17, 15) is 23.2 Å². The number of pyridine rings is 1. The van der Waals surface area contributed by atoms with Crippen LogP contribution in [0.2, 0.25) is 0 Å². The molecular formula is C21H23F2N3O3. The fourth-order valence-corrected chi connectivity index (χ4v) is 3.53. The normalized spacial score (nSPS) is 18.3. The number of carbonyl (C=O) groups excluding carboxylic acids is 3. The Kier molecular flexibility index (Phi) is 5.64. The molecule has 1 aliphatic heterocycles. The third-order valence-electron chi connectivity index (χ3n) is 5.03. The molecule has 1 atom stereocenters.